The van der Waals surface area contributed by atoms with Crippen LogP contribution in [0.2, 0.25) is 0 Å². The Morgan fingerprint density at radius 3 is 2.67 bits per heavy atom. The van der Waals surface area contributed by atoms with Crippen LogP contribution in [0.4, 0.5) is 5.69 Å². The van der Waals surface area contributed by atoms with Crippen LogP contribution in [-0.2, 0) is 6.42 Å². The van der Waals surface area contributed by atoms with Crippen molar-refractivity contribution in [1.29, 1.82) is 0 Å². The van der Waals surface area contributed by atoms with Crippen molar-refractivity contribution in [2.45, 2.75) is 70.9 Å². The van der Waals surface area contributed by atoms with Crippen LogP contribution in [0, 0.1) is 5.92 Å². The summed E-state index contributed by atoms with van der Waals surface area (Å²) >= 11 is 0. The molecule has 0 radical (unpaired) electrons. The standard InChI is InChI=1S/C19H30N2/c1-14(2)11-12-21(17-5-3-4-6-17)19-10-7-15-13-16(20)8-9-18(15)19/h8-9,13-14,17,19H,3-7,10-12,20H2,1-2H3. The van der Waals surface area contributed by atoms with E-state index in [1.165, 1.54) is 57.1 Å². The minimum absolute atomic E-state index is 0.641. The van der Waals surface area contributed by atoms with Gasteiger partial charge in [-0.2, -0.15) is 0 Å². The van der Waals surface area contributed by atoms with Gasteiger partial charge in [-0.25, -0.2) is 0 Å². The number of rotatable bonds is 5. The molecule has 3 rings (SSSR count). The van der Waals surface area contributed by atoms with Crippen molar-refractivity contribution in [2.75, 3.05) is 12.3 Å². The van der Waals surface area contributed by atoms with Gasteiger partial charge in [0.2, 0.25) is 0 Å². The fourth-order valence-corrected chi connectivity index (χ4v) is 4.20. The summed E-state index contributed by atoms with van der Waals surface area (Å²) in [7, 11) is 0. The molecular weight excluding hydrogens is 256 g/mol. The zero-order valence-corrected chi connectivity index (χ0v) is 13.6. The van der Waals surface area contributed by atoms with Crippen LogP contribution in [0.3, 0.4) is 0 Å². The topological polar surface area (TPSA) is 29.3 Å². The van der Waals surface area contributed by atoms with Gasteiger partial charge < -0.3 is 5.73 Å². The van der Waals surface area contributed by atoms with Gasteiger partial charge in [0.1, 0.15) is 0 Å². The second-order valence-corrected chi connectivity index (χ2v) is 7.37. The molecular formula is C19H30N2. The highest BCUT2D eigenvalue weighted by molar-refractivity contribution is 5.47. The fourth-order valence-electron chi connectivity index (χ4n) is 4.20. The van der Waals surface area contributed by atoms with E-state index in [9.17, 15) is 0 Å². The molecule has 2 aliphatic carbocycles. The molecule has 1 aromatic rings. The Labute approximate surface area is 129 Å². The van der Waals surface area contributed by atoms with Gasteiger partial charge in [-0.05, 0) is 67.8 Å². The quantitative estimate of drug-likeness (QED) is 0.805. The van der Waals surface area contributed by atoms with E-state index in [4.69, 9.17) is 5.73 Å². The zero-order valence-electron chi connectivity index (χ0n) is 13.6. The van der Waals surface area contributed by atoms with E-state index in [0.717, 1.165) is 17.6 Å². The van der Waals surface area contributed by atoms with Gasteiger partial charge >= 0.3 is 0 Å². The average Bonchev–Trinajstić information content (AvgIpc) is 3.09. The van der Waals surface area contributed by atoms with Gasteiger partial charge in [-0.15, -0.1) is 0 Å². The van der Waals surface area contributed by atoms with E-state index >= 15 is 0 Å². The summed E-state index contributed by atoms with van der Waals surface area (Å²) in [5.74, 6) is 0.793. The van der Waals surface area contributed by atoms with Crippen LogP contribution in [0.5, 0.6) is 0 Å². The van der Waals surface area contributed by atoms with E-state index < -0.39 is 0 Å². The minimum Gasteiger partial charge on any atom is -0.399 e. The molecule has 21 heavy (non-hydrogen) atoms. The predicted octanol–water partition coefficient (Wildman–Crippen LogP) is 4.55. The van der Waals surface area contributed by atoms with Crippen molar-refractivity contribution >= 4 is 5.69 Å². The third-order valence-corrected chi connectivity index (χ3v) is 5.37. The van der Waals surface area contributed by atoms with Crippen molar-refractivity contribution in [3.63, 3.8) is 0 Å². The summed E-state index contributed by atoms with van der Waals surface area (Å²) < 4.78 is 0. The van der Waals surface area contributed by atoms with Crippen LogP contribution in [-0.4, -0.2) is 17.5 Å². The number of anilines is 1. The maximum absolute atomic E-state index is 5.96. The first-order valence-corrected chi connectivity index (χ1v) is 8.79. The highest BCUT2D eigenvalue weighted by Gasteiger charge is 2.33. The molecule has 1 unspecified atom stereocenters. The van der Waals surface area contributed by atoms with Crippen molar-refractivity contribution in [2.24, 2.45) is 5.92 Å². The molecule has 2 heteroatoms. The average molecular weight is 286 g/mol. The number of hydrogen-bond acceptors (Lipinski definition) is 2. The number of fused-ring (bicyclic) bond motifs is 1. The van der Waals surface area contributed by atoms with Gasteiger partial charge in [0, 0.05) is 17.8 Å². The molecule has 116 valence electrons. The molecule has 0 heterocycles. The summed E-state index contributed by atoms with van der Waals surface area (Å²) in [4.78, 5) is 2.84. The van der Waals surface area contributed by atoms with Gasteiger partial charge in [-0.3, -0.25) is 4.90 Å². The Morgan fingerprint density at radius 1 is 1.19 bits per heavy atom. The monoisotopic (exact) mass is 286 g/mol. The van der Waals surface area contributed by atoms with Crippen molar-refractivity contribution in [1.82, 2.24) is 4.90 Å². The second-order valence-electron chi connectivity index (χ2n) is 7.37. The third kappa shape index (κ3) is 3.26. The molecule has 1 aromatic carbocycles. The lowest BCUT2D eigenvalue weighted by Gasteiger charge is -2.35. The Morgan fingerprint density at radius 2 is 1.95 bits per heavy atom. The molecule has 0 amide bonds. The summed E-state index contributed by atoms with van der Waals surface area (Å²) in [6.45, 7) is 5.95. The number of aryl methyl sites for hydroxylation is 1. The SMILES string of the molecule is CC(C)CCN(C1CCCC1)C1CCc2cc(N)ccc21. The molecule has 2 N–H and O–H groups in total. The highest BCUT2D eigenvalue weighted by Crippen LogP contribution is 2.40. The molecule has 2 aliphatic rings. The first-order chi connectivity index (χ1) is 10.1. The fraction of sp³-hybridized carbons (Fsp3) is 0.684. The van der Waals surface area contributed by atoms with Crippen LogP contribution >= 0.6 is 0 Å². The molecule has 1 saturated carbocycles. The normalized spacial score (nSPS) is 22.4. The van der Waals surface area contributed by atoms with E-state index in [2.05, 4.69) is 36.9 Å². The first kappa shape index (κ1) is 14.9. The van der Waals surface area contributed by atoms with Crippen molar-refractivity contribution < 1.29 is 0 Å². The lowest BCUT2D eigenvalue weighted by Crippen LogP contribution is -2.37. The zero-order chi connectivity index (χ0) is 14.8. The van der Waals surface area contributed by atoms with Crippen LogP contribution in [0.1, 0.15) is 69.5 Å². The molecule has 1 atom stereocenters. The Hall–Kier alpha value is -1.02. The molecule has 0 aliphatic heterocycles. The van der Waals surface area contributed by atoms with E-state index in [0.29, 0.717) is 6.04 Å². The van der Waals surface area contributed by atoms with Gasteiger partial charge in [-0.1, -0.05) is 32.8 Å². The van der Waals surface area contributed by atoms with Crippen LogP contribution in [0.15, 0.2) is 18.2 Å². The minimum atomic E-state index is 0.641. The maximum Gasteiger partial charge on any atom is 0.0356 e. The van der Waals surface area contributed by atoms with E-state index in [1.54, 1.807) is 5.56 Å². The van der Waals surface area contributed by atoms with E-state index in [-0.39, 0.29) is 0 Å². The molecule has 2 nitrogen and oxygen atoms in total. The van der Waals surface area contributed by atoms with Crippen molar-refractivity contribution in [3.05, 3.63) is 29.3 Å². The Balaban J connectivity index is 1.80. The van der Waals surface area contributed by atoms with Crippen LogP contribution < -0.4 is 5.73 Å². The van der Waals surface area contributed by atoms with E-state index in [1.807, 2.05) is 0 Å². The number of benzene rings is 1. The Kier molecular flexibility index (Phi) is 4.54. The number of hydrogen-bond donors (Lipinski definition) is 1. The molecule has 0 saturated heterocycles. The predicted molar refractivity (Wildman–Crippen MR) is 90.3 cm³/mol. The lowest BCUT2D eigenvalue weighted by atomic mass is 10.0. The Bertz CT molecular complexity index is 474. The third-order valence-electron chi connectivity index (χ3n) is 5.37. The molecule has 0 spiro atoms. The van der Waals surface area contributed by atoms with Gasteiger partial charge in [0.25, 0.3) is 0 Å². The maximum atomic E-state index is 5.96. The summed E-state index contributed by atoms with van der Waals surface area (Å²) in [5.41, 5.74) is 9.93. The number of nitrogens with two attached hydrogens (primary N) is 1. The van der Waals surface area contributed by atoms with Gasteiger partial charge in [0.05, 0.1) is 0 Å². The first-order valence-electron chi connectivity index (χ1n) is 8.79. The number of nitrogen functional groups attached to an aromatic ring is 1. The molecule has 0 aromatic heterocycles. The molecule has 1 fully saturated rings. The smallest absolute Gasteiger partial charge is 0.0356 e. The largest absolute Gasteiger partial charge is 0.399 e. The summed E-state index contributed by atoms with van der Waals surface area (Å²) in [6, 6.07) is 8.04. The second kappa shape index (κ2) is 6.39. The van der Waals surface area contributed by atoms with Crippen molar-refractivity contribution in [3.8, 4) is 0 Å². The lowest BCUT2D eigenvalue weighted by molar-refractivity contribution is 0.127. The number of nitrogens with zero attached hydrogens (tertiary/aromatic N) is 1. The summed E-state index contributed by atoms with van der Waals surface area (Å²) in [6.07, 6.45) is 9.45. The summed E-state index contributed by atoms with van der Waals surface area (Å²) in [5, 5.41) is 0. The molecule has 0 bridgehead atoms. The van der Waals surface area contributed by atoms with Gasteiger partial charge in [0.15, 0.2) is 0 Å². The van der Waals surface area contributed by atoms with Crippen LogP contribution in [0.25, 0.3) is 0 Å². The highest BCUT2D eigenvalue weighted by atomic mass is 15.2.